The molecule has 3 aromatic heterocycles. The molecule has 0 spiro atoms. The summed E-state index contributed by atoms with van der Waals surface area (Å²) < 4.78 is 1.87. The van der Waals surface area contributed by atoms with Gasteiger partial charge < -0.3 is 20.1 Å². The van der Waals surface area contributed by atoms with Gasteiger partial charge in [-0.05, 0) is 44.0 Å². The molecule has 0 unspecified atom stereocenters. The Labute approximate surface area is 209 Å². The number of rotatable bonds is 7. The van der Waals surface area contributed by atoms with Crippen molar-refractivity contribution in [3.05, 3.63) is 65.7 Å². The number of carbonyl (C=O) groups excluding carboxylic acids is 2. The van der Waals surface area contributed by atoms with Crippen LogP contribution in [0.3, 0.4) is 0 Å². The van der Waals surface area contributed by atoms with Gasteiger partial charge in [-0.25, -0.2) is 9.97 Å². The first kappa shape index (κ1) is 23.5. The Hall–Kier alpha value is -4.21. The molecule has 10 nitrogen and oxygen atoms in total. The van der Waals surface area contributed by atoms with E-state index in [0.717, 1.165) is 46.9 Å². The number of amides is 2. The largest absolute Gasteiger partial charge is 0.359 e. The van der Waals surface area contributed by atoms with Gasteiger partial charge in [0, 0.05) is 43.5 Å². The van der Waals surface area contributed by atoms with Crippen LogP contribution >= 0.6 is 0 Å². The Balaban J connectivity index is 1.31. The highest BCUT2D eigenvalue weighted by Crippen LogP contribution is 2.27. The molecule has 1 aromatic carbocycles. The average molecular weight is 487 g/mol. The molecule has 5 rings (SSSR count). The third-order valence-electron chi connectivity index (χ3n) is 6.55. The number of carbonyl (C=O) groups is 2. The molecule has 0 aliphatic carbocycles. The first-order chi connectivity index (χ1) is 17.5. The maximum Gasteiger partial charge on any atom is 0.242 e. The summed E-state index contributed by atoms with van der Waals surface area (Å²) in [4.78, 5) is 36.8. The van der Waals surface area contributed by atoms with Crippen molar-refractivity contribution in [2.75, 3.05) is 25.5 Å². The highest BCUT2D eigenvalue weighted by atomic mass is 16.2. The smallest absolute Gasteiger partial charge is 0.242 e. The second-order valence-electron chi connectivity index (χ2n) is 9.14. The molecule has 1 atom stereocenters. The lowest BCUT2D eigenvalue weighted by molar-refractivity contribution is -0.133. The molecule has 1 aliphatic rings. The van der Waals surface area contributed by atoms with Crippen molar-refractivity contribution in [2.24, 2.45) is 0 Å². The number of likely N-dealkylation sites (tertiary alicyclic amines) is 1. The number of fused-ring (bicyclic) bond motifs is 1. The minimum atomic E-state index is -0.137. The van der Waals surface area contributed by atoms with Gasteiger partial charge in [-0.15, -0.1) is 0 Å². The van der Waals surface area contributed by atoms with Crippen LogP contribution in [0.15, 0.2) is 48.5 Å². The van der Waals surface area contributed by atoms with E-state index in [1.165, 1.54) is 0 Å². The van der Waals surface area contributed by atoms with E-state index in [1.54, 1.807) is 7.05 Å². The molecule has 36 heavy (non-hydrogen) atoms. The summed E-state index contributed by atoms with van der Waals surface area (Å²) in [6.45, 7) is 3.41. The number of H-pyrrole nitrogens is 1. The maximum absolute atomic E-state index is 13.4. The number of nitrogens with one attached hydrogen (secondary N) is 3. The fraction of sp³-hybridized carbons (Fsp3) is 0.346. The summed E-state index contributed by atoms with van der Waals surface area (Å²) in [5.41, 5.74) is 3.56. The van der Waals surface area contributed by atoms with Crippen molar-refractivity contribution in [2.45, 2.75) is 38.6 Å². The summed E-state index contributed by atoms with van der Waals surface area (Å²) in [6.07, 6.45) is 2.00. The highest BCUT2D eigenvalue weighted by molar-refractivity contribution is 5.83. The lowest BCUT2D eigenvalue weighted by atomic mass is 9.94. The molecule has 4 heterocycles. The number of anilines is 2. The normalized spacial score (nSPS) is 15.7. The number of pyridine rings is 1. The summed E-state index contributed by atoms with van der Waals surface area (Å²) in [5.74, 6) is 2.06. The van der Waals surface area contributed by atoms with Crippen LogP contribution in [-0.2, 0) is 22.6 Å². The fourth-order valence-corrected chi connectivity index (χ4v) is 4.71. The monoisotopic (exact) mass is 486 g/mol. The SMILES string of the molecule is CNC(=O)Cc1nc2ccccc2n1CC(=O)N1CCC[C@H](c2cccc(Nc3cc(C)[nH]n3)n2)C1. The summed E-state index contributed by atoms with van der Waals surface area (Å²) in [7, 11) is 1.60. The molecule has 186 valence electrons. The van der Waals surface area contributed by atoms with Gasteiger partial charge >= 0.3 is 0 Å². The third-order valence-corrected chi connectivity index (χ3v) is 6.55. The van der Waals surface area contributed by atoms with Gasteiger partial charge in [0.1, 0.15) is 18.2 Å². The molecule has 2 amide bonds. The zero-order valence-corrected chi connectivity index (χ0v) is 20.5. The predicted octanol–water partition coefficient (Wildman–Crippen LogP) is 2.90. The van der Waals surface area contributed by atoms with E-state index in [9.17, 15) is 9.59 Å². The number of aromatic nitrogens is 5. The number of imidazole rings is 1. The second kappa shape index (κ2) is 10.2. The van der Waals surface area contributed by atoms with Gasteiger partial charge in [0.05, 0.1) is 17.5 Å². The Kier molecular flexibility index (Phi) is 6.66. The minimum absolute atomic E-state index is 0.0160. The van der Waals surface area contributed by atoms with Gasteiger partial charge in [-0.3, -0.25) is 14.7 Å². The number of hydrogen-bond acceptors (Lipinski definition) is 6. The van der Waals surface area contributed by atoms with E-state index < -0.39 is 0 Å². The highest BCUT2D eigenvalue weighted by Gasteiger charge is 2.27. The first-order valence-electron chi connectivity index (χ1n) is 12.2. The van der Waals surface area contributed by atoms with E-state index in [4.69, 9.17) is 4.98 Å². The number of likely N-dealkylation sites (N-methyl/N-ethyl adjacent to an activating group) is 1. The van der Waals surface area contributed by atoms with Crippen molar-refractivity contribution in [1.82, 2.24) is 34.9 Å². The second-order valence-corrected chi connectivity index (χ2v) is 9.14. The molecule has 0 saturated carbocycles. The summed E-state index contributed by atoms with van der Waals surface area (Å²) >= 11 is 0. The van der Waals surface area contributed by atoms with Crippen molar-refractivity contribution in [1.29, 1.82) is 0 Å². The number of nitrogens with zero attached hydrogens (tertiary/aromatic N) is 5. The van der Waals surface area contributed by atoms with E-state index in [0.29, 0.717) is 18.9 Å². The maximum atomic E-state index is 13.4. The van der Waals surface area contributed by atoms with Crippen LogP contribution in [-0.4, -0.2) is 61.6 Å². The van der Waals surface area contributed by atoms with Crippen LogP contribution in [0.1, 0.15) is 36.0 Å². The summed E-state index contributed by atoms with van der Waals surface area (Å²) in [6, 6.07) is 15.5. The number of para-hydroxylation sites is 2. The van der Waals surface area contributed by atoms with E-state index in [-0.39, 0.29) is 30.7 Å². The molecule has 1 saturated heterocycles. The number of hydrogen-bond donors (Lipinski definition) is 3. The zero-order chi connectivity index (χ0) is 25.1. The molecule has 4 aromatic rings. The van der Waals surface area contributed by atoms with Crippen LogP contribution < -0.4 is 10.6 Å². The van der Waals surface area contributed by atoms with Crippen LogP contribution in [0.4, 0.5) is 11.6 Å². The first-order valence-corrected chi connectivity index (χ1v) is 12.2. The quantitative estimate of drug-likeness (QED) is 0.369. The lowest BCUT2D eigenvalue weighted by Crippen LogP contribution is -2.41. The van der Waals surface area contributed by atoms with Gasteiger partial charge in [0.15, 0.2) is 5.82 Å². The van der Waals surface area contributed by atoms with E-state index >= 15 is 0 Å². The Morgan fingerprint density at radius 3 is 2.78 bits per heavy atom. The number of benzene rings is 1. The van der Waals surface area contributed by atoms with Crippen molar-refractivity contribution in [3.8, 4) is 0 Å². The lowest BCUT2D eigenvalue weighted by Gasteiger charge is -2.33. The number of piperidine rings is 1. The van der Waals surface area contributed by atoms with Crippen LogP contribution in [0, 0.1) is 6.92 Å². The van der Waals surface area contributed by atoms with Crippen molar-refractivity contribution in [3.63, 3.8) is 0 Å². The van der Waals surface area contributed by atoms with Crippen LogP contribution in [0.25, 0.3) is 11.0 Å². The topological polar surface area (TPSA) is 121 Å². The molecular formula is C26H30N8O2. The average Bonchev–Trinajstić information content (AvgIpc) is 3.46. The Bertz CT molecular complexity index is 1390. The standard InChI is InChI=1S/C26H30N8O2/c1-17-13-23(32-31-17)30-22-11-5-9-19(28-22)18-7-6-12-33(15-18)26(36)16-34-21-10-4-3-8-20(21)29-24(34)14-25(35)27-2/h3-5,8-11,13,18H,6-7,12,14-16H2,1-2H3,(H,27,35)(H2,28,30,31,32)/t18-/m0/s1. The summed E-state index contributed by atoms with van der Waals surface area (Å²) in [5, 5.41) is 13.0. The van der Waals surface area contributed by atoms with Gasteiger partial charge in [0.25, 0.3) is 0 Å². The van der Waals surface area contributed by atoms with Crippen LogP contribution in [0.2, 0.25) is 0 Å². The third kappa shape index (κ3) is 5.07. The van der Waals surface area contributed by atoms with Gasteiger partial charge in [0.2, 0.25) is 11.8 Å². The Morgan fingerprint density at radius 1 is 1.11 bits per heavy atom. The molecular weight excluding hydrogens is 456 g/mol. The number of aromatic amines is 1. The van der Waals surface area contributed by atoms with Gasteiger partial charge in [-0.2, -0.15) is 5.10 Å². The van der Waals surface area contributed by atoms with Gasteiger partial charge in [-0.1, -0.05) is 18.2 Å². The molecule has 0 bridgehead atoms. The molecule has 3 N–H and O–H groups in total. The van der Waals surface area contributed by atoms with E-state index in [1.807, 2.05) is 64.9 Å². The minimum Gasteiger partial charge on any atom is -0.359 e. The number of aryl methyl sites for hydroxylation is 1. The predicted molar refractivity (Wildman–Crippen MR) is 137 cm³/mol. The molecule has 10 heteroatoms. The van der Waals surface area contributed by atoms with Crippen molar-refractivity contribution < 1.29 is 9.59 Å². The molecule has 1 fully saturated rings. The molecule has 0 radical (unpaired) electrons. The molecule has 1 aliphatic heterocycles. The Morgan fingerprint density at radius 2 is 1.97 bits per heavy atom. The van der Waals surface area contributed by atoms with Crippen LogP contribution in [0.5, 0.6) is 0 Å². The van der Waals surface area contributed by atoms with E-state index in [2.05, 4.69) is 25.8 Å². The fourth-order valence-electron chi connectivity index (χ4n) is 4.71. The zero-order valence-electron chi connectivity index (χ0n) is 20.5. The van der Waals surface area contributed by atoms with Crippen molar-refractivity contribution >= 4 is 34.5 Å².